The van der Waals surface area contributed by atoms with Crippen LogP contribution >= 0.6 is 0 Å². The fourth-order valence-corrected chi connectivity index (χ4v) is 5.35. The van der Waals surface area contributed by atoms with E-state index in [0.29, 0.717) is 22.8 Å². The summed E-state index contributed by atoms with van der Waals surface area (Å²) in [5.41, 5.74) is 1.70. The minimum atomic E-state index is -3.97. The number of rotatable bonds is 6. The lowest BCUT2D eigenvalue weighted by molar-refractivity contribution is -0.117. The number of aliphatic hydroxyl groups is 1. The molecule has 172 valence electrons. The summed E-state index contributed by atoms with van der Waals surface area (Å²) < 4.78 is 37.6. The summed E-state index contributed by atoms with van der Waals surface area (Å²) in [5.74, 6) is 0.306. The van der Waals surface area contributed by atoms with Crippen LogP contribution in [0.15, 0.2) is 75.7 Å². The summed E-state index contributed by atoms with van der Waals surface area (Å²) in [6, 6.07) is 16.5. The van der Waals surface area contributed by atoms with Gasteiger partial charge < -0.3 is 14.3 Å². The second kappa shape index (κ2) is 8.44. The number of hydrogen-bond acceptors (Lipinski definition) is 6. The SMILES string of the molecule is COc1ccccc1C1C(S(=O)(=O)C(C)C)=C(O)C(=O)N1c1ccc(-c2ccc(C)o2)cc1. The van der Waals surface area contributed by atoms with Crippen molar-refractivity contribution >= 4 is 21.4 Å². The van der Waals surface area contributed by atoms with Gasteiger partial charge in [-0.3, -0.25) is 9.69 Å². The summed E-state index contributed by atoms with van der Waals surface area (Å²) >= 11 is 0. The molecule has 0 fully saturated rings. The molecule has 1 atom stereocenters. The Kier molecular flexibility index (Phi) is 5.80. The Morgan fingerprint density at radius 1 is 1.03 bits per heavy atom. The van der Waals surface area contributed by atoms with Gasteiger partial charge in [0, 0.05) is 16.8 Å². The van der Waals surface area contributed by atoms with Crippen molar-refractivity contribution < 1.29 is 27.5 Å². The van der Waals surface area contributed by atoms with Gasteiger partial charge in [0.15, 0.2) is 15.6 Å². The number of para-hydroxylation sites is 1. The lowest BCUT2D eigenvalue weighted by Crippen LogP contribution is -2.32. The van der Waals surface area contributed by atoms with Gasteiger partial charge in [0.1, 0.15) is 28.2 Å². The molecule has 0 saturated heterocycles. The number of nitrogens with zero attached hydrogens (tertiary/aromatic N) is 1. The molecule has 0 radical (unpaired) electrons. The van der Waals surface area contributed by atoms with Gasteiger partial charge in [-0.05, 0) is 63.2 Å². The molecular formula is C25H25NO6S. The molecule has 7 nitrogen and oxygen atoms in total. The third kappa shape index (κ3) is 3.80. The highest BCUT2D eigenvalue weighted by Crippen LogP contribution is 2.46. The van der Waals surface area contributed by atoms with E-state index in [9.17, 15) is 18.3 Å². The molecular weight excluding hydrogens is 442 g/mol. The van der Waals surface area contributed by atoms with Gasteiger partial charge >= 0.3 is 0 Å². The Morgan fingerprint density at radius 3 is 2.27 bits per heavy atom. The Hall–Kier alpha value is -3.52. The van der Waals surface area contributed by atoms with E-state index in [1.165, 1.54) is 25.9 Å². The predicted molar refractivity (Wildman–Crippen MR) is 126 cm³/mol. The van der Waals surface area contributed by atoms with E-state index in [0.717, 1.165) is 11.3 Å². The van der Waals surface area contributed by atoms with Crippen LogP contribution in [0.4, 0.5) is 5.69 Å². The summed E-state index contributed by atoms with van der Waals surface area (Å²) in [6.07, 6.45) is 0. The first-order valence-electron chi connectivity index (χ1n) is 10.5. The minimum absolute atomic E-state index is 0.322. The molecule has 1 aliphatic rings. The van der Waals surface area contributed by atoms with Gasteiger partial charge in [-0.25, -0.2) is 8.42 Å². The van der Waals surface area contributed by atoms with E-state index >= 15 is 0 Å². The summed E-state index contributed by atoms with van der Waals surface area (Å²) in [5, 5.41) is 9.93. The van der Waals surface area contributed by atoms with Crippen LogP contribution in [0.2, 0.25) is 0 Å². The molecule has 8 heteroatoms. The highest BCUT2D eigenvalue weighted by molar-refractivity contribution is 7.95. The number of aliphatic hydroxyl groups excluding tert-OH is 1. The second-order valence-electron chi connectivity index (χ2n) is 8.08. The van der Waals surface area contributed by atoms with Gasteiger partial charge in [-0.1, -0.05) is 18.2 Å². The standard InChI is InChI=1S/C25H25NO6S/c1-15(2)33(29,30)24-22(19-7-5-6-8-21(19)31-4)26(25(28)23(24)27)18-12-10-17(11-13-18)20-14-9-16(3)32-20/h5-15,22,27H,1-4H3. The lowest BCUT2D eigenvalue weighted by Gasteiger charge is -2.28. The molecule has 0 aliphatic carbocycles. The number of aryl methyl sites for hydroxylation is 1. The normalized spacial score (nSPS) is 16.7. The number of benzene rings is 2. The van der Waals surface area contributed by atoms with Crippen LogP contribution in [0.3, 0.4) is 0 Å². The maximum absolute atomic E-state index is 13.2. The molecule has 1 unspecified atom stereocenters. The molecule has 33 heavy (non-hydrogen) atoms. The molecule has 1 aromatic heterocycles. The number of amides is 1. The maximum atomic E-state index is 13.2. The molecule has 3 aromatic rings. The quantitative estimate of drug-likeness (QED) is 0.551. The van der Waals surface area contributed by atoms with Crippen molar-refractivity contribution in [2.45, 2.75) is 32.1 Å². The highest BCUT2D eigenvalue weighted by atomic mass is 32.2. The van der Waals surface area contributed by atoms with Crippen molar-refractivity contribution in [3.63, 3.8) is 0 Å². The zero-order valence-corrected chi connectivity index (χ0v) is 19.6. The number of anilines is 1. The third-order valence-corrected chi connectivity index (χ3v) is 7.96. The number of sulfone groups is 1. The van der Waals surface area contributed by atoms with Crippen molar-refractivity contribution in [3.8, 4) is 17.1 Å². The van der Waals surface area contributed by atoms with E-state index in [1.807, 2.05) is 19.1 Å². The Bertz CT molecular complexity index is 1340. The fraction of sp³-hybridized carbons (Fsp3) is 0.240. The monoisotopic (exact) mass is 467 g/mol. The molecule has 2 heterocycles. The first-order valence-corrected chi connectivity index (χ1v) is 12.0. The first-order chi connectivity index (χ1) is 15.7. The lowest BCUT2D eigenvalue weighted by atomic mass is 10.0. The predicted octanol–water partition coefficient (Wildman–Crippen LogP) is 4.94. The Morgan fingerprint density at radius 2 is 1.70 bits per heavy atom. The molecule has 1 N–H and O–H groups in total. The van der Waals surface area contributed by atoms with Crippen LogP contribution in [-0.4, -0.2) is 31.8 Å². The van der Waals surface area contributed by atoms with Crippen LogP contribution in [-0.2, 0) is 14.6 Å². The van der Waals surface area contributed by atoms with Gasteiger partial charge in [0.05, 0.1) is 12.4 Å². The largest absolute Gasteiger partial charge is 0.502 e. The number of carbonyl (C=O) groups excluding carboxylic acids is 1. The molecule has 1 amide bonds. The molecule has 0 saturated carbocycles. The van der Waals surface area contributed by atoms with Crippen LogP contribution < -0.4 is 9.64 Å². The topological polar surface area (TPSA) is 97.1 Å². The maximum Gasteiger partial charge on any atom is 0.295 e. The smallest absolute Gasteiger partial charge is 0.295 e. The van der Waals surface area contributed by atoms with Crippen LogP contribution in [0, 0.1) is 6.92 Å². The molecule has 0 bridgehead atoms. The van der Waals surface area contributed by atoms with E-state index in [4.69, 9.17) is 9.15 Å². The molecule has 4 rings (SSSR count). The highest BCUT2D eigenvalue weighted by Gasteiger charge is 2.48. The van der Waals surface area contributed by atoms with Gasteiger partial charge in [0.25, 0.3) is 5.91 Å². The summed E-state index contributed by atoms with van der Waals surface area (Å²) in [7, 11) is -2.50. The number of carbonyl (C=O) groups is 1. The van der Waals surface area contributed by atoms with Crippen molar-refractivity contribution in [2.24, 2.45) is 0 Å². The van der Waals surface area contributed by atoms with Crippen molar-refractivity contribution in [1.82, 2.24) is 0 Å². The second-order valence-corrected chi connectivity index (χ2v) is 10.6. The molecule has 0 spiro atoms. The number of hydrogen-bond donors (Lipinski definition) is 1. The number of furan rings is 1. The number of methoxy groups -OCH3 is 1. The van der Waals surface area contributed by atoms with Crippen molar-refractivity contribution in [3.05, 3.63) is 82.7 Å². The van der Waals surface area contributed by atoms with Crippen LogP contribution in [0.1, 0.15) is 31.2 Å². The Balaban J connectivity index is 1.87. The third-order valence-electron chi connectivity index (χ3n) is 5.69. The average Bonchev–Trinajstić information content (AvgIpc) is 3.35. The van der Waals surface area contributed by atoms with E-state index in [-0.39, 0.29) is 4.91 Å². The van der Waals surface area contributed by atoms with E-state index < -0.39 is 32.8 Å². The molecule has 1 aliphatic heterocycles. The average molecular weight is 468 g/mol. The van der Waals surface area contributed by atoms with E-state index in [2.05, 4.69) is 0 Å². The minimum Gasteiger partial charge on any atom is -0.502 e. The van der Waals surface area contributed by atoms with Crippen LogP contribution in [0.25, 0.3) is 11.3 Å². The van der Waals surface area contributed by atoms with Gasteiger partial charge in [-0.15, -0.1) is 0 Å². The number of ether oxygens (including phenoxy) is 1. The van der Waals surface area contributed by atoms with Crippen molar-refractivity contribution in [1.29, 1.82) is 0 Å². The molecule has 2 aromatic carbocycles. The zero-order valence-electron chi connectivity index (χ0n) is 18.8. The zero-order chi connectivity index (χ0) is 23.9. The van der Waals surface area contributed by atoms with Crippen LogP contribution in [0.5, 0.6) is 5.75 Å². The summed E-state index contributed by atoms with van der Waals surface area (Å²) in [4.78, 5) is 14.2. The van der Waals surface area contributed by atoms with Crippen molar-refractivity contribution in [2.75, 3.05) is 12.0 Å². The van der Waals surface area contributed by atoms with Gasteiger partial charge in [0.2, 0.25) is 0 Å². The summed E-state index contributed by atoms with van der Waals surface area (Å²) in [6.45, 7) is 4.88. The van der Waals surface area contributed by atoms with Gasteiger partial charge in [-0.2, -0.15) is 0 Å². The fourth-order valence-electron chi connectivity index (χ4n) is 3.94. The Labute approximate surface area is 192 Å². The van der Waals surface area contributed by atoms with E-state index in [1.54, 1.807) is 48.5 Å². The first kappa shape index (κ1) is 22.7.